The summed E-state index contributed by atoms with van der Waals surface area (Å²) in [4.78, 5) is 13.2. The third-order valence-electron chi connectivity index (χ3n) is 7.83. The number of amides is 1. The van der Waals surface area contributed by atoms with Crippen LogP contribution in [0, 0.1) is 29.6 Å². The fourth-order valence-electron chi connectivity index (χ4n) is 6.01. The van der Waals surface area contributed by atoms with E-state index in [1.54, 1.807) is 12.1 Å². The molecule has 4 rings (SSSR count). The topological polar surface area (TPSA) is 91.6 Å². The maximum atomic E-state index is 13.9. The lowest BCUT2D eigenvalue weighted by atomic mass is 9.74. The molecule has 5 unspecified atom stereocenters. The quantitative estimate of drug-likeness (QED) is 0.457. The summed E-state index contributed by atoms with van der Waals surface area (Å²) in [5, 5.41) is 8.19. The Morgan fingerprint density at radius 3 is 3.00 bits per heavy atom. The van der Waals surface area contributed by atoms with Crippen molar-refractivity contribution >= 4 is 5.91 Å². The first-order valence-corrected chi connectivity index (χ1v) is 12.0. The van der Waals surface area contributed by atoms with Crippen LogP contribution in [0.4, 0.5) is 8.78 Å². The highest BCUT2D eigenvalue weighted by Gasteiger charge is 2.54. The third kappa shape index (κ3) is 4.87. The number of hydrogen-bond donors (Lipinski definition) is 4. The molecule has 3 saturated heterocycles. The molecule has 3 fully saturated rings. The molecule has 4 aliphatic rings. The van der Waals surface area contributed by atoms with E-state index in [1.165, 1.54) is 0 Å². The van der Waals surface area contributed by atoms with Gasteiger partial charge in [0.2, 0.25) is 12.3 Å². The van der Waals surface area contributed by atoms with Crippen LogP contribution in [0.15, 0.2) is 17.6 Å². The first kappa shape index (κ1) is 23.6. The van der Waals surface area contributed by atoms with Crippen LogP contribution in [0.5, 0.6) is 0 Å². The van der Waals surface area contributed by atoms with Gasteiger partial charge in [-0.3, -0.25) is 10.2 Å². The number of carbonyl (C=O) groups excluding carboxylic acids is 1. The summed E-state index contributed by atoms with van der Waals surface area (Å²) >= 11 is 0. The number of hydrogen-bond acceptors (Lipinski definition) is 6. The molecule has 9 heteroatoms. The summed E-state index contributed by atoms with van der Waals surface area (Å²) in [5.74, 6) is -0.372. The van der Waals surface area contributed by atoms with Crippen molar-refractivity contribution in [3.63, 3.8) is 0 Å². The largest absolute Gasteiger partial charge is 0.493 e. The molecular weight excluding hydrogens is 416 g/mol. The van der Waals surface area contributed by atoms with E-state index in [-0.39, 0.29) is 24.3 Å². The lowest BCUT2D eigenvalue weighted by Gasteiger charge is -2.39. The molecule has 0 aromatic heterocycles. The van der Waals surface area contributed by atoms with Gasteiger partial charge in [0.05, 0.1) is 18.7 Å². The van der Waals surface area contributed by atoms with Crippen molar-refractivity contribution in [2.75, 3.05) is 39.8 Å². The Morgan fingerprint density at radius 1 is 1.44 bits per heavy atom. The van der Waals surface area contributed by atoms with Crippen molar-refractivity contribution in [3.05, 3.63) is 17.6 Å². The number of fused-ring (bicyclic) bond motifs is 1. The molecule has 3 aliphatic heterocycles. The summed E-state index contributed by atoms with van der Waals surface area (Å²) in [5.41, 5.74) is 12.3. The summed E-state index contributed by atoms with van der Waals surface area (Å²) in [7, 11) is 1.60. The van der Waals surface area contributed by atoms with E-state index in [1.807, 2.05) is 6.08 Å². The second-order valence-corrected chi connectivity index (χ2v) is 9.87. The highest BCUT2D eigenvalue weighted by molar-refractivity contribution is 5.80. The van der Waals surface area contributed by atoms with Gasteiger partial charge in [0.15, 0.2) is 0 Å². The summed E-state index contributed by atoms with van der Waals surface area (Å²) < 4.78 is 33.4. The van der Waals surface area contributed by atoms with Crippen LogP contribution in [0.25, 0.3) is 0 Å². The van der Waals surface area contributed by atoms with Crippen molar-refractivity contribution in [1.29, 1.82) is 0 Å². The number of carbonyl (C=O) groups is 1. The summed E-state index contributed by atoms with van der Waals surface area (Å²) in [6, 6.07) is 0. The van der Waals surface area contributed by atoms with Crippen LogP contribution < -0.4 is 21.8 Å². The Hall–Kier alpha value is -1.51. The minimum absolute atomic E-state index is 0.00995. The number of nitrogens with one attached hydrogen (secondary N) is 3. The maximum Gasteiger partial charge on any atom is 0.242 e. The lowest BCUT2D eigenvalue weighted by Crippen LogP contribution is -2.61. The molecule has 0 aromatic rings. The molecule has 1 aliphatic carbocycles. The van der Waals surface area contributed by atoms with Crippen LogP contribution >= 0.6 is 0 Å². The van der Waals surface area contributed by atoms with Crippen LogP contribution in [-0.4, -0.2) is 62.8 Å². The number of ether oxygens (including phenoxy) is 1. The van der Waals surface area contributed by atoms with E-state index in [0.717, 1.165) is 38.8 Å². The van der Waals surface area contributed by atoms with Gasteiger partial charge in [-0.15, -0.1) is 0 Å². The fraction of sp³-hybridized carbons (Fsp3) is 0.826. The Kier molecular flexibility index (Phi) is 7.52. The van der Waals surface area contributed by atoms with Crippen LogP contribution in [0.1, 0.15) is 38.5 Å². The van der Waals surface area contributed by atoms with E-state index in [2.05, 4.69) is 21.8 Å². The maximum absolute atomic E-state index is 13.9. The minimum atomic E-state index is -2.44. The molecule has 1 amide bonds. The van der Waals surface area contributed by atoms with E-state index < -0.39 is 23.9 Å². The smallest absolute Gasteiger partial charge is 0.242 e. The van der Waals surface area contributed by atoms with Crippen molar-refractivity contribution in [1.82, 2.24) is 21.1 Å². The lowest BCUT2D eigenvalue weighted by molar-refractivity contribution is -0.128. The van der Waals surface area contributed by atoms with Crippen molar-refractivity contribution < 1.29 is 18.3 Å². The van der Waals surface area contributed by atoms with Gasteiger partial charge >= 0.3 is 0 Å². The zero-order chi connectivity index (χ0) is 22.7. The Labute approximate surface area is 189 Å². The Bertz CT molecular complexity index is 738. The van der Waals surface area contributed by atoms with Crippen molar-refractivity contribution in [2.45, 2.75) is 50.6 Å². The molecule has 32 heavy (non-hydrogen) atoms. The molecule has 5 N–H and O–H groups in total. The number of piperidine rings is 1. The number of alkyl halides is 2. The number of allylic oxidation sites excluding steroid dienone is 1. The number of methoxy groups -OCH3 is 1. The predicted octanol–water partition coefficient (Wildman–Crippen LogP) is 1.58. The van der Waals surface area contributed by atoms with Crippen LogP contribution in [-0.2, 0) is 9.53 Å². The molecule has 0 bridgehead atoms. The first-order valence-electron chi connectivity index (χ1n) is 12.0. The number of nitrogens with two attached hydrogens (primary N) is 1. The summed E-state index contributed by atoms with van der Waals surface area (Å²) in [6.07, 6.45) is 4.19. The SMILES string of the molecule is COC1=C=CCCC1C1CC(C(F)F)CN2NCC(C(=O)NCC3CCCNC3)[C@]2(N)C1. The molecule has 0 saturated carbocycles. The number of halogens is 2. The minimum Gasteiger partial charge on any atom is -0.493 e. The van der Waals surface area contributed by atoms with Gasteiger partial charge in [-0.2, -0.15) is 0 Å². The highest BCUT2D eigenvalue weighted by atomic mass is 19.3. The standard InChI is InChI=1S/C23H37F2N5O2/c1-32-20-7-3-2-6-18(20)16-9-17(21(24)25)14-30-23(26,10-16)19(13-29-30)22(31)28-12-15-5-4-8-27-11-15/h3,15-19,21,27,29H,2,4-6,8-14,26H2,1H3,(H,28,31)/t15?,16?,17?,18?,19?,23-/m0/s1. The zero-order valence-electron chi connectivity index (χ0n) is 18.9. The van der Waals surface area contributed by atoms with Crippen LogP contribution in [0.2, 0.25) is 0 Å². The number of rotatable bonds is 6. The second kappa shape index (κ2) is 10.2. The van der Waals surface area contributed by atoms with Gasteiger partial charge in [-0.05, 0) is 69.5 Å². The van der Waals surface area contributed by atoms with Gasteiger partial charge in [0.1, 0.15) is 5.76 Å². The van der Waals surface area contributed by atoms with E-state index in [9.17, 15) is 13.6 Å². The molecule has 0 radical (unpaired) electrons. The molecule has 0 aromatic carbocycles. The normalized spacial score (nSPS) is 38.2. The van der Waals surface area contributed by atoms with E-state index in [4.69, 9.17) is 10.5 Å². The van der Waals surface area contributed by atoms with Crippen LogP contribution in [0.3, 0.4) is 0 Å². The highest BCUT2D eigenvalue weighted by Crippen LogP contribution is 2.44. The van der Waals surface area contributed by atoms with Gasteiger partial charge in [-0.1, -0.05) is 5.73 Å². The number of hydrazine groups is 1. The third-order valence-corrected chi connectivity index (χ3v) is 7.83. The zero-order valence-corrected chi connectivity index (χ0v) is 18.9. The Morgan fingerprint density at radius 2 is 2.28 bits per heavy atom. The van der Waals surface area contributed by atoms with Gasteiger partial charge < -0.3 is 21.1 Å². The molecule has 3 heterocycles. The number of nitrogens with zero attached hydrogens (tertiary/aromatic N) is 1. The van der Waals surface area contributed by atoms with Crippen molar-refractivity contribution in [3.8, 4) is 0 Å². The van der Waals surface area contributed by atoms with E-state index >= 15 is 0 Å². The molecular formula is C23H37F2N5O2. The monoisotopic (exact) mass is 453 g/mol. The average Bonchev–Trinajstić information content (AvgIpc) is 3.03. The fourth-order valence-corrected chi connectivity index (χ4v) is 6.01. The second-order valence-electron chi connectivity index (χ2n) is 9.87. The molecule has 180 valence electrons. The molecule has 6 atom stereocenters. The van der Waals surface area contributed by atoms with Gasteiger partial charge in [0, 0.05) is 31.5 Å². The predicted molar refractivity (Wildman–Crippen MR) is 117 cm³/mol. The summed E-state index contributed by atoms with van der Waals surface area (Å²) in [6.45, 7) is 3.05. The first-order chi connectivity index (χ1) is 15.4. The van der Waals surface area contributed by atoms with Crippen molar-refractivity contribution in [2.24, 2.45) is 35.3 Å². The molecule has 0 spiro atoms. The average molecular weight is 454 g/mol. The molecule has 7 nitrogen and oxygen atoms in total. The van der Waals surface area contributed by atoms with Gasteiger partial charge in [0.25, 0.3) is 0 Å². The van der Waals surface area contributed by atoms with Gasteiger partial charge in [-0.25, -0.2) is 13.8 Å². The Balaban J connectivity index is 1.52. The van der Waals surface area contributed by atoms with E-state index in [0.29, 0.717) is 37.6 Å².